The predicted molar refractivity (Wildman–Crippen MR) is 154 cm³/mol. The van der Waals surface area contributed by atoms with Crippen LogP contribution in [0.2, 0.25) is 0 Å². The van der Waals surface area contributed by atoms with E-state index in [-0.39, 0.29) is 11.1 Å². The molecule has 192 valence electrons. The van der Waals surface area contributed by atoms with E-state index in [0.717, 1.165) is 56.6 Å². The average molecular weight is 533 g/mol. The fraction of sp³-hybridized carbons (Fsp3) is 0.0625. The van der Waals surface area contributed by atoms with Gasteiger partial charge in [0.1, 0.15) is 23.9 Å². The van der Waals surface area contributed by atoms with Crippen LogP contribution in [0.3, 0.4) is 0 Å². The molecule has 0 aliphatic carbocycles. The molecule has 1 aliphatic heterocycles. The van der Waals surface area contributed by atoms with Crippen molar-refractivity contribution in [1.82, 2.24) is 9.88 Å². The fourth-order valence-electron chi connectivity index (χ4n) is 4.47. The van der Waals surface area contributed by atoms with Crippen LogP contribution in [0.15, 0.2) is 114 Å². The van der Waals surface area contributed by atoms with Crippen molar-refractivity contribution in [2.75, 3.05) is 0 Å². The summed E-state index contributed by atoms with van der Waals surface area (Å²) in [5.74, 6) is 1.88. The molecule has 4 aromatic carbocycles. The number of hydrogen-bond donors (Lipinski definition) is 1. The molecule has 6 nitrogen and oxygen atoms in total. The van der Waals surface area contributed by atoms with Gasteiger partial charge in [-0.15, -0.1) is 0 Å². The molecule has 0 spiro atoms. The summed E-state index contributed by atoms with van der Waals surface area (Å²) in [5, 5.41) is 2.89. The summed E-state index contributed by atoms with van der Waals surface area (Å²) in [6.45, 7) is 1.04. The Hall–Kier alpha value is -4.75. The number of rotatable bonds is 8. The number of ether oxygens (including phenoxy) is 2. The summed E-state index contributed by atoms with van der Waals surface area (Å²) in [7, 11) is 0. The third-order valence-electron chi connectivity index (χ3n) is 6.29. The minimum Gasteiger partial charge on any atom is -0.489 e. The van der Waals surface area contributed by atoms with E-state index in [4.69, 9.17) is 9.47 Å². The SMILES string of the molecule is O=C1NC(=O)C(=Cc2cn(Cc3cccc(Oc4ccccc4)c3)c3ccc(OCc4ccccc4)cc23)S1. The molecule has 2 heterocycles. The van der Waals surface area contributed by atoms with Gasteiger partial charge in [0, 0.05) is 29.2 Å². The van der Waals surface area contributed by atoms with Gasteiger partial charge in [0.2, 0.25) is 0 Å². The number of aromatic nitrogens is 1. The van der Waals surface area contributed by atoms with E-state index in [1.807, 2.05) is 103 Å². The zero-order valence-corrected chi connectivity index (χ0v) is 21.7. The summed E-state index contributed by atoms with van der Waals surface area (Å²) >= 11 is 0.909. The molecule has 0 unspecified atom stereocenters. The van der Waals surface area contributed by atoms with Gasteiger partial charge in [0.05, 0.1) is 4.91 Å². The third kappa shape index (κ3) is 5.73. The highest BCUT2D eigenvalue weighted by Crippen LogP contribution is 2.33. The summed E-state index contributed by atoms with van der Waals surface area (Å²) in [4.78, 5) is 24.4. The molecule has 0 atom stereocenters. The number of thioether (sulfide) groups is 1. The average Bonchev–Trinajstić information content (AvgIpc) is 3.46. The van der Waals surface area contributed by atoms with Gasteiger partial charge in [-0.3, -0.25) is 14.9 Å². The maximum atomic E-state index is 12.3. The van der Waals surface area contributed by atoms with E-state index < -0.39 is 0 Å². The van der Waals surface area contributed by atoms with Gasteiger partial charge in [-0.1, -0.05) is 60.7 Å². The van der Waals surface area contributed by atoms with Gasteiger partial charge in [0.15, 0.2) is 0 Å². The normalized spacial score (nSPS) is 14.1. The number of nitrogens with one attached hydrogen (secondary N) is 1. The van der Waals surface area contributed by atoms with E-state index in [2.05, 4.69) is 16.0 Å². The van der Waals surface area contributed by atoms with Crippen molar-refractivity contribution in [3.05, 3.63) is 131 Å². The Morgan fingerprint density at radius 2 is 1.51 bits per heavy atom. The van der Waals surface area contributed by atoms with Gasteiger partial charge in [-0.25, -0.2) is 0 Å². The van der Waals surface area contributed by atoms with Gasteiger partial charge in [-0.05, 0) is 71.4 Å². The van der Waals surface area contributed by atoms with Crippen molar-refractivity contribution in [2.24, 2.45) is 0 Å². The molecule has 0 radical (unpaired) electrons. The summed E-state index contributed by atoms with van der Waals surface area (Å²) in [6.07, 6.45) is 3.76. The number of benzene rings is 4. The van der Waals surface area contributed by atoms with Crippen LogP contribution in [0.4, 0.5) is 4.79 Å². The number of para-hydroxylation sites is 1. The van der Waals surface area contributed by atoms with Gasteiger partial charge in [0.25, 0.3) is 11.1 Å². The number of nitrogens with zero attached hydrogens (tertiary/aromatic N) is 1. The molecule has 1 saturated heterocycles. The quantitative estimate of drug-likeness (QED) is 0.211. The number of fused-ring (bicyclic) bond motifs is 1. The largest absolute Gasteiger partial charge is 0.489 e. The van der Waals surface area contributed by atoms with Crippen LogP contribution in [0.25, 0.3) is 17.0 Å². The van der Waals surface area contributed by atoms with Crippen molar-refractivity contribution in [3.8, 4) is 17.2 Å². The van der Waals surface area contributed by atoms with E-state index in [9.17, 15) is 9.59 Å². The highest BCUT2D eigenvalue weighted by Gasteiger charge is 2.25. The Labute approximate surface area is 229 Å². The first-order valence-electron chi connectivity index (χ1n) is 12.5. The number of amides is 2. The lowest BCUT2D eigenvalue weighted by molar-refractivity contribution is -0.115. The topological polar surface area (TPSA) is 69.6 Å². The lowest BCUT2D eigenvalue weighted by atomic mass is 10.1. The minimum absolute atomic E-state index is 0.364. The van der Waals surface area contributed by atoms with Gasteiger partial charge in [-0.2, -0.15) is 0 Å². The molecule has 39 heavy (non-hydrogen) atoms. The van der Waals surface area contributed by atoms with Crippen LogP contribution in [0.5, 0.6) is 17.2 Å². The molecule has 2 amide bonds. The van der Waals surface area contributed by atoms with E-state index >= 15 is 0 Å². The van der Waals surface area contributed by atoms with Crippen molar-refractivity contribution in [3.63, 3.8) is 0 Å². The van der Waals surface area contributed by atoms with Gasteiger partial charge >= 0.3 is 0 Å². The first kappa shape index (κ1) is 24.6. The molecular formula is C32H24N2O4S. The van der Waals surface area contributed by atoms with Crippen LogP contribution < -0.4 is 14.8 Å². The van der Waals surface area contributed by atoms with E-state index in [1.54, 1.807) is 6.08 Å². The molecule has 1 N–H and O–H groups in total. The lowest BCUT2D eigenvalue weighted by Crippen LogP contribution is -2.17. The van der Waals surface area contributed by atoms with Crippen LogP contribution in [-0.2, 0) is 17.9 Å². The summed E-state index contributed by atoms with van der Waals surface area (Å²) < 4.78 is 14.2. The maximum absolute atomic E-state index is 12.3. The summed E-state index contributed by atoms with van der Waals surface area (Å²) in [5.41, 5.74) is 3.96. The zero-order valence-electron chi connectivity index (χ0n) is 20.9. The van der Waals surface area contributed by atoms with Crippen molar-refractivity contribution >= 4 is 39.9 Å². The van der Waals surface area contributed by atoms with Crippen LogP contribution >= 0.6 is 11.8 Å². The number of hydrogen-bond acceptors (Lipinski definition) is 5. The monoisotopic (exact) mass is 532 g/mol. The van der Waals surface area contributed by atoms with Crippen molar-refractivity contribution in [1.29, 1.82) is 0 Å². The first-order chi connectivity index (χ1) is 19.1. The Morgan fingerprint density at radius 1 is 0.769 bits per heavy atom. The first-order valence-corrected chi connectivity index (χ1v) is 13.3. The molecule has 1 fully saturated rings. The standard InChI is InChI=1S/C32H24N2O4S/c35-31-30(39-32(36)33-31)17-24-20-34(19-23-10-7-13-27(16-23)38-25-11-5-2-6-12-25)29-15-14-26(18-28(24)29)37-21-22-8-3-1-4-9-22/h1-18,20H,19,21H2,(H,33,35,36). The highest BCUT2D eigenvalue weighted by molar-refractivity contribution is 8.18. The molecule has 0 saturated carbocycles. The Balaban J connectivity index is 1.32. The predicted octanol–water partition coefficient (Wildman–Crippen LogP) is 7.38. The van der Waals surface area contributed by atoms with E-state index in [1.165, 1.54) is 0 Å². The Kier molecular flexibility index (Phi) is 6.89. The van der Waals surface area contributed by atoms with Crippen LogP contribution in [0, 0.1) is 0 Å². The molecule has 1 aliphatic rings. The molecule has 1 aromatic heterocycles. The second-order valence-electron chi connectivity index (χ2n) is 9.08. The molecular weight excluding hydrogens is 508 g/mol. The number of imide groups is 1. The maximum Gasteiger partial charge on any atom is 0.290 e. The van der Waals surface area contributed by atoms with Crippen LogP contribution in [-0.4, -0.2) is 15.7 Å². The van der Waals surface area contributed by atoms with Crippen molar-refractivity contribution in [2.45, 2.75) is 13.2 Å². The Morgan fingerprint density at radius 3 is 2.28 bits per heavy atom. The second-order valence-corrected chi connectivity index (χ2v) is 10.1. The highest BCUT2D eigenvalue weighted by atomic mass is 32.2. The zero-order chi connectivity index (χ0) is 26.6. The lowest BCUT2D eigenvalue weighted by Gasteiger charge is -2.10. The fourth-order valence-corrected chi connectivity index (χ4v) is 5.14. The molecule has 5 aromatic rings. The Bertz CT molecular complexity index is 1690. The number of carbonyl (C=O) groups excluding carboxylic acids is 2. The van der Waals surface area contributed by atoms with Gasteiger partial charge < -0.3 is 14.0 Å². The summed E-state index contributed by atoms with van der Waals surface area (Å²) in [6, 6.07) is 33.6. The van der Waals surface area contributed by atoms with Crippen molar-refractivity contribution < 1.29 is 19.1 Å². The third-order valence-corrected chi connectivity index (χ3v) is 7.10. The van der Waals surface area contributed by atoms with E-state index in [0.29, 0.717) is 18.1 Å². The van der Waals surface area contributed by atoms with Crippen LogP contribution in [0.1, 0.15) is 16.7 Å². The minimum atomic E-state index is -0.381. The molecule has 6 rings (SSSR count). The number of carbonyl (C=O) groups is 2. The molecule has 7 heteroatoms. The second kappa shape index (κ2) is 10.9. The smallest absolute Gasteiger partial charge is 0.290 e. The molecule has 0 bridgehead atoms.